The van der Waals surface area contributed by atoms with E-state index in [9.17, 15) is 4.39 Å². The number of rotatable bonds is 10. The molecule has 0 heterocycles. The fourth-order valence-electron chi connectivity index (χ4n) is 1.48. The Morgan fingerprint density at radius 3 is 2.07 bits per heavy atom. The second-order valence-electron chi connectivity index (χ2n) is 3.76. The molecule has 0 aliphatic rings. The largest absolute Gasteiger partial charge is 0.212 e. The van der Waals surface area contributed by atoms with Crippen molar-refractivity contribution in [2.75, 3.05) is 5.88 Å². The van der Waals surface area contributed by atoms with Crippen molar-refractivity contribution in [2.45, 2.75) is 51.4 Å². The molecule has 0 unspecified atom stereocenters. The van der Waals surface area contributed by atoms with Crippen LogP contribution in [0.4, 0.5) is 4.39 Å². The Bertz CT molecular complexity index is 175. The van der Waals surface area contributed by atoms with Crippen LogP contribution in [0.3, 0.4) is 0 Å². The monoisotopic (exact) mass is 232 g/mol. The van der Waals surface area contributed by atoms with Crippen LogP contribution in [0.2, 0.25) is 0 Å². The van der Waals surface area contributed by atoms with Crippen molar-refractivity contribution in [3.05, 3.63) is 24.6 Å². The molecule has 0 aromatic heterocycles. The van der Waals surface area contributed by atoms with Crippen LogP contribution in [-0.2, 0) is 0 Å². The van der Waals surface area contributed by atoms with Gasteiger partial charge in [-0.05, 0) is 25.3 Å². The molecule has 0 rings (SSSR count). The molecule has 0 amide bonds. The molecule has 0 saturated heterocycles. The van der Waals surface area contributed by atoms with Gasteiger partial charge in [-0.15, -0.1) is 11.6 Å². The number of hydrogen-bond acceptors (Lipinski definition) is 0. The molecule has 0 aliphatic carbocycles. The fourth-order valence-corrected chi connectivity index (χ4v) is 1.67. The van der Waals surface area contributed by atoms with Crippen LogP contribution >= 0.6 is 11.6 Å². The first-order valence-corrected chi connectivity index (χ1v) is 6.37. The van der Waals surface area contributed by atoms with Gasteiger partial charge in [0.25, 0.3) is 0 Å². The summed E-state index contributed by atoms with van der Waals surface area (Å²) in [7, 11) is 0. The van der Waals surface area contributed by atoms with Crippen molar-refractivity contribution >= 4 is 11.6 Å². The molecule has 0 N–H and O–H groups in total. The van der Waals surface area contributed by atoms with E-state index in [1.165, 1.54) is 37.8 Å². The maximum absolute atomic E-state index is 12.9. The van der Waals surface area contributed by atoms with Gasteiger partial charge in [-0.3, -0.25) is 0 Å². The molecule has 0 bridgehead atoms. The van der Waals surface area contributed by atoms with Crippen molar-refractivity contribution in [1.82, 2.24) is 0 Å². The third kappa shape index (κ3) is 11.6. The predicted molar refractivity (Wildman–Crippen MR) is 67.0 cm³/mol. The fraction of sp³-hybridized carbons (Fsp3) is 0.692. The van der Waals surface area contributed by atoms with Gasteiger partial charge in [-0.2, -0.15) is 0 Å². The van der Waals surface area contributed by atoms with Gasteiger partial charge >= 0.3 is 0 Å². The van der Waals surface area contributed by atoms with Crippen LogP contribution in [0.1, 0.15) is 51.4 Å². The van der Waals surface area contributed by atoms with Crippen molar-refractivity contribution in [3.63, 3.8) is 0 Å². The van der Waals surface area contributed by atoms with Gasteiger partial charge in [-0.1, -0.05) is 44.8 Å². The van der Waals surface area contributed by atoms with E-state index in [1.54, 1.807) is 0 Å². The van der Waals surface area contributed by atoms with Crippen LogP contribution in [0.15, 0.2) is 24.6 Å². The van der Waals surface area contributed by atoms with Crippen LogP contribution in [0.5, 0.6) is 0 Å². The minimum atomic E-state index is -0.0489. The highest BCUT2D eigenvalue weighted by molar-refractivity contribution is 6.17. The Kier molecular flexibility index (Phi) is 11.5. The van der Waals surface area contributed by atoms with Crippen LogP contribution < -0.4 is 0 Å². The van der Waals surface area contributed by atoms with E-state index >= 15 is 0 Å². The molecule has 0 nitrogen and oxygen atoms in total. The van der Waals surface area contributed by atoms with Gasteiger partial charge in [-0.25, -0.2) is 4.39 Å². The molecule has 0 aromatic rings. The van der Waals surface area contributed by atoms with Crippen LogP contribution in [0.25, 0.3) is 0 Å². The zero-order valence-corrected chi connectivity index (χ0v) is 10.2. The average molecular weight is 233 g/mol. The molecule has 0 atom stereocenters. The second kappa shape index (κ2) is 11.8. The summed E-state index contributed by atoms with van der Waals surface area (Å²) in [5.74, 6) is 0.726. The summed E-state index contributed by atoms with van der Waals surface area (Å²) in [5.41, 5.74) is 0. The summed E-state index contributed by atoms with van der Waals surface area (Å²) in [4.78, 5) is 0. The lowest BCUT2D eigenvalue weighted by Gasteiger charge is -2.00. The minimum Gasteiger partial charge on any atom is -0.212 e. The highest BCUT2D eigenvalue weighted by atomic mass is 35.5. The minimum absolute atomic E-state index is 0.0489. The SMILES string of the molecule is C=C/C=C(/F)CCCCCCCCCCl. The van der Waals surface area contributed by atoms with Gasteiger partial charge in [0.05, 0.1) is 5.83 Å². The molecule has 0 radical (unpaired) electrons. The second-order valence-corrected chi connectivity index (χ2v) is 4.14. The Hall–Kier alpha value is -0.300. The van der Waals surface area contributed by atoms with E-state index in [4.69, 9.17) is 11.6 Å². The maximum atomic E-state index is 12.9. The lowest BCUT2D eigenvalue weighted by atomic mass is 10.1. The lowest BCUT2D eigenvalue weighted by molar-refractivity contribution is 0.538. The summed E-state index contributed by atoms with van der Waals surface area (Å²) >= 11 is 5.57. The van der Waals surface area contributed by atoms with Gasteiger partial charge in [0.1, 0.15) is 0 Å². The summed E-state index contributed by atoms with van der Waals surface area (Å²) in [6.45, 7) is 3.46. The Morgan fingerprint density at radius 2 is 1.53 bits per heavy atom. The molecule has 15 heavy (non-hydrogen) atoms. The van der Waals surface area contributed by atoms with Crippen molar-refractivity contribution in [2.24, 2.45) is 0 Å². The summed E-state index contributed by atoms with van der Waals surface area (Å²) in [6, 6.07) is 0. The number of hydrogen-bond donors (Lipinski definition) is 0. The molecular formula is C13H22ClF. The number of alkyl halides is 1. The summed E-state index contributed by atoms with van der Waals surface area (Å²) in [5, 5.41) is 0. The molecular weight excluding hydrogens is 211 g/mol. The van der Waals surface area contributed by atoms with Crippen molar-refractivity contribution in [3.8, 4) is 0 Å². The highest BCUT2D eigenvalue weighted by Crippen LogP contribution is 2.13. The Morgan fingerprint density at radius 1 is 1.00 bits per heavy atom. The molecule has 88 valence electrons. The van der Waals surface area contributed by atoms with Crippen LogP contribution in [-0.4, -0.2) is 5.88 Å². The number of unbranched alkanes of at least 4 members (excludes halogenated alkanes) is 6. The van der Waals surface area contributed by atoms with E-state index in [2.05, 4.69) is 6.58 Å². The first kappa shape index (κ1) is 14.7. The van der Waals surface area contributed by atoms with Gasteiger partial charge in [0.2, 0.25) is 0 Å². The molecule has 0 aliphatic heterocycles. The summed E-state index contributed by atoms with van der Waals surface area (Å²) in [6.07, 6.45) is 11.7. The molecule has 0 fully saturated rings. The molecule has 0 aromatic carbocycles. The third-order valence-electron chi connectivity index (χ3n) is 2.35. The maximum Gasteiger partial charge on any atom is 0.0999 e. The number of halogens is 2. The van der Waals surface area contributed by atoms with Crippen LogP contribution in [0, 0.1) is 0 Å². The van der Waals surface area contributed by atoms with Gasteiger partial charge < -0.3 is 0 Å². The van der Waals surface area contributed by atoms with Gasteiger partial charge in [0.15, 0.2) is 0 Å². The van der Waals surface area contributed by atoms with E-state index in [1.807, 2.05) is 0 Å². The average Bonchev–Trinajstić information content (AvgIpc) is 2.22. The third-order valence-corrected chi connectivity index (χ3v) is 2.62. The number of allylic oxidation sites excluding steroid dienone is 3. The highest BCUT2D eigenvalue weighted by Gasteiger charge is 1.94. The topological polar surface area (TPSA) is 0 Å². The van der Waals surface area contributed by atoms with Crippen molar-refractivity contribution < 1.29 is 4.39 Å². The Balaban J connectivity index is 3.11. The first-order valence-electron chi connectivity index (χ1n) is 5.84. The van der Waals surface area contributed by atoms with E-state index in [0.717, 1.165) is 25.1 Å². The zero-order valence-electron chi connectivity index (χ0n) is 9.48. The Labute approximate surface area is 98.2 Å². The standard InChI is InChI=1S/C13H22ClF/c1-2-10-13(15)11-8-6-4-3-5-7-9-12-14/h2,10H,1,3-9,11-12H2/b13-10+. The zero-order chi connectivity index (χ0) is 11.4. The van der Waals surface area contributed by atoms with Gasteiger partial charge in [0, 0.05) is 5.88 Å². The molecule has 2 heteroatoms. The molecule has 0 saturated carbocycles. The molecule has 0 spiro atoms. The van der Waals surface area contributed by atoms with E-state index < -0.39 is 0 Å². The lowest BCUT2D eigenvalue weighted by Crippen LogP contribution is -1.82. The van der Waals surface area contributed by atoms with Crippen molar-refractivity contribution in [1.29, 1.82) is 0 Å². The first-order chi connectivity index (χ1) is 7.31. The normalized spacial score (nSPS) is 11.7. The quantitative estimate of drug-likeness (QED) is 0.269. The summed E-state index contributed by atoms with van der Waals surface area (Å²) < 4.78 is 12.9. The van der Waals surface area contributed by atoms with E-state index in [-0.39, 0.29) is 5.83 Å². The van der Waals surface area contributed by atoms with E-state index in [0.29, 0.717) is 6.42 Å². The predicted octanol–water partition coefficient (Wildman–Crippen LogP) is 5.39. The smallest absolute Gasteiger partial charge is 0.0999 e.